The number of carbonyl (C=O) groups is 2. The maximum absolute atomic E-state index is 13.5. The average molecular weight is 518 g/mol. The van der Waals surface area contributed by atoms with E-state index in [1.165, 1.54) is 25.2 Å². The Kier molecular flexibility index (Phi) is 7.62. The van der Waals surface area contributed by atoms with E-state index < -0.39 is 23.5 Å². The minimum absolute atomic E-state index is 0.0803. The highest BCUT2D eigenvalue weighted by atomic mass is 16.5. The third-order valence-corrected chi connectivity index (χ3v) is 6.54. The maximum Gasteiger partial charge on any atom is 0.300 e. The van der Waals surface area contributed by atoms with E-state index in [0.717, 1.165) is 5.56 Å². The summed E-state index contributed by atoms with van der Waals surface area (Å²) in [6.45, 7) is 6.21. The number of amides is 1. The van der Waals surface area contributed by atoms with Crippen LogP contribution in [0.3, 0.4) is 0 Å². The van der Waals surface area contributed by atoms with Crippen LogP contribution in [0.4, 0.5) is 5.69 Å². The van der Waals surface area contributed by atoms with Crippen LogP contribution >= 0.6 is 0 Å². The molecule has 0 aromatic heterocycles. The molecule has 0 spiro atoms. The van der Waals surface area contributed by atoms with Gasteiger partial charge in [0.25, 0.3) is 11.7 Å². The topological polar surface area (TPSA) is 106 Å². The van der Waals surface area contributed by atoms with Crippen molar-refractivity contribution in [1.29, 1.82) is 0 Å². The zero-order valence-corrected chi connectivity index (χ0v) is 22.0. The molecule has 0 saturated carbocycles. The number of methoxy groups -OCH3 is 2. The van der Waals surface area contributed by atoms with Gasteiger partial charge in [0.1, 0.15) is 17.3 Å². The van der Waals surface area contributed by atoms with Crippen LogP contribution in [-0.4, -0.2) is 42.7 Å². The minimum Gasteiger partial charge on any atom is -0.507 e. The molecule has 4 rings (SSSR count). The molecule has 0 aliphatic carbocycles. The molecule has 8 nitrogen and oxygen atoms in total. The van der Waals surface area contributed by atoms with Crippen molar-refractivity contribution in [2.24, 2.45) is 0 Å². The number of benzene rings is 3. The Bertz CT molecular complexity index is 1390. The van der Waals surface area contributed by atoms with Gasteiger partial charge in [-0.3, -0.25) is 14.5 Å². The molecule has 0 radical (unpaired) electrons. The van der Waals surface area contributed by atoms with Gasteiger partial charge in [-0.05, 0) is 66.4 Å². The third-order valence-electron chi connectivity index (χ3n) is 6.54. The second-order valence-electron chi connectivity index (χ2n) is 9.14. The lowest BCUT2D eigenvalue weighted by Crippen LogP contribution is -2.29. The van der Waals surface area contributed by atoms with E-state index >= 15 is 0 Å². The van der Waals surface area contributed by atoms with Crippen LogP contribution in [0.1, 0.15) is 49.4 Å². The van der Waals surface area contributed by atoms with E-state index in [9.17, 15) is 19.8 Å². The number of nitrogens with zero attached hydrogens (tertiary/aromatic N) is 1. The molecule has 198 valence electrons. The monoisotopic (exact) mass is 517 g/mol. The van der Waals surface area contributed by atoms with Gasteiger partial charge in [-0.1, -0.05) is 32.0 Å². The van der Waals surface area contributed by atoms with Crippen LogP contribution in [0.2, 0.25) is 0 Å². The van der Waals surface area contributed by atoms with Crippen LogP contribution in [0.5, 0.6) is 23.0 Å². The second-order valence-corrected chi connectivity index (χ2v) is 9.14. The van der Waals surface area contributed by atoms with Gasteiger partial charge in [-0.15, -0.1) is 0 Å². The first-order chi connectivity index (χ1) is 18.2. The Hall–Kier alpha value is -4.46. The van der Waals surface area contributed by atoms with E-state index in [4.69, 9.17) is 14.2 Å². The lowest BCUT2D eigenvalue weighted by molar-refractivity contribution is -0.132. The first-order valence-electron chi connectivity index (χ1n) is 12.3. The summed E-state index contributed by atoms with van der Waals surface area (Å²) in [5, 5.41) is 21.8. The number of anilines is 1. The molecular formula is C30H31NO7. The van der Waals surface area contributed by atoms with Crippen molar-refractivity contribution in [3.63, 3.8) is 0 Å². The van der Waals surface area contributed by atoms with E-state index in [1.54, 1.807) is 49.4 Å². The number of aromatic hydroxyl groups is 1. The highest BCUT2D eigenvalue weighted by molar-refractivity contribution is 6.51. The molecule has 3 aromatic rings. The highest BCUT2D eigenvalue weighted by Gasteiger charge is 2.47. The molecule has 2 N–H and O–H groups in total. The van der Waals surface area contributed by atoms with Gasteiger partial charge in [0, 0.05) is 5.69 Å². The van der Waals surface area contributed by atoms with Crippen molar-refractivity contribution in [1.82, 2.24) is 0 Å². The number of rotatable bonds is 8. The van der Waals surface area contributed by atoms with Crippen molar-refractivity contribution in [3.05, 3.63) is 82.9 Å². The van der Waals surface area contributed by atoms with Gasteiger partial charge in [-0.25, -0.2) is 0 Å². The van der Waals surface area contributed by atoms with E-state index in [2.05, 4.69) is 13.8 Å². The van der Waals surface area contributed by atoms with Crippen LogP contribution < -0.4 is 19.1 Å². The molecule has 0 bridgehead atoms. The number of aliphatic hydroxyl groups is 1. The van der Waals surface area contributed by atoms with Crippen LogP contribution in [0.25, 0.3) is 5.76 Å². The molecule has 1 heterocycles. The first kappa shape index (κ1) is 26.6. The highest BCUT2D eigenvalue weighted by Crippen LogP contribution is 2.45. The van der Waals surface area contributed by atoms with Crippen molar-refractivity contribution < 1.29 is 34.0 Å². The lowest BCUT2D eigenvalue weighted by Gasteiger charge is -2.26. The number of ether oxygens (including phenoxy) is 3. The fourth-order valence-electron chi connectivity index (χ4n) is 4.55. The Morgan fingerprint density at radius 2 is 1.66 bits per heavy atom. The van der Waals surface area contributed by atoms with Gasteiger partial charge in [0.05, 0.1) is 38.0 Å². The van der Waals surface area contributed by atoms with Crippen LogP contribution in [0.15, 0.2) is 66.2 Å². The molecule has 1 unspecified atom stereocenters. The first-order valence-corrected chi connectivity index (χ1v) is 12.3. The summed E-state index contributed by atoms with van der Waals surface area (Å²) >= 11 is 0. The van der Waals surface area contributed by atoms with Gasteiger partial charge in [0.2, 0.25) is 0 Å². The minimum atomic E-state index is -1.00. The largest absolute Gasteiger partial charge is 0.507 e. The molecule has 1 amide bonds. The molecule has 8 heteroatoms. The normalized spacial score (nSPS) is 16.7. The summed E-state index contributed by atoms with van der Waals surface area (Å²) < 4.78 is 16.3. The summed E-state index contributed by atoms with van der Waals surface area (Å²) in [6, 6.07) is 15.8. The predicted octanol–water partition coefficient (Wildman–Crippen LogP) is 5.56. The van der Waals surface area contributed by atoms with E-state index in [-0.39, 0.29) is 28.6 Å². The van der Waals surface area contributed by atoms with E-state index in [0.29, 0.717) is 29.4 Å². The second kappa shape index (κ2) is 10.9. The quantitative estimate of drug-likeness (QED) is 0.229. The molecular weight excluding hydrogens is 486 g/mol. The Morgan fingerprint density at radius 3 is 2.26 bits per heavy atom. The molecule has 3 aromatic carbocycles. The Balaban J connectivity index is 1.98. The Labute approximate surface area is 221 Å². The van der Waals surface area contributed by atoms with Crippen LogP contribution in [0, 0.1) is 0 Å². The summed E-state index contributed by atoms with van der Waals surface area (Å²) in [4.78, 5) is 28.4. The summed E-state index contributed by atoms with van der Waals surface area (Å²) in [5.41, 5.74) is 2.12. The van der Waals surface area contributed by atoms with Crippen molar-refractivity contribution in [2.75, 3.05) is 25.7 Å². The number of Topliss-reactive ketones (excluding diaryl/α,β-unsaturated/α-hetero) is 1. The number of ketones is 1. The van der Waals surface area contributed by atoms with Crippen LogP contribution in [-0.2, 0) is 9.59 Å². The Morgan fingerprint density at radius 1 is 0.947 bits per heavy atom. The van der Waals surface area contributed by atoms with Gasteiger partial charge in [-0.2, -0.15) is 0 Å². The third kappa shape index (κ3) is 4.77. The smallest absolute Gasteiger partial charge is 0.300 e. The summed E-state index contributed by atoms with van der Waals surface area (Å²) in [5.74, 6) is -0.912. The maximum atomic E-state index is 13.5. The predicted molar refractivity (Wildman–Crippen MR) is 144 cm³/mol. The van der Waals surface area contributed by atoms with Gasteiger partial charge >= 0.3 is 0 Å². The fourth-order valence-corrected chi connectivity index (χ4v) is 4.55. The number of aliphatic hydroxyl groups excluding tert-OH is 1. The van der Waals surface area contributed by atoms with E-state index in [1.807, 2.05) is 12.1 Å². The number of phenolic OH excluding ortho intramolecular Hbond substituents is 1. The number of carbonyl (C=O) groups excluding carboxylic acids is 2. The molecule has 1 atom stereocenters. The molecule has 1 saturated heterocycles. The fraction of sp³-hybridized carbons (Fsp3) is 0.267. The SMILES string of the molecule is CCOc1cc(C2/C(=C(\O)c3cc(OC)ccc3OC)C(=O)C(=O)N2c2ccc(C(C)C)cc2)ccc1O. The summed E-state index contributed by atoms with van der Waals surface area (Å²) in [7, 11) is 2.93. The molecule has 38 heavy (non-hydrogen) atoms. The molecule has 1 aliphatic heterocycles. The average Bonchev–Trinajstić information content (AvgIpc) is 3.19. The van der Waals surface area contributed by atoms with Crippen molar-refractivity contribution >= 4 is 23.1 Å². The number of hydrogen-bond donors (Lipinski definition) is 2. The van der Waals surface area contributed by atoms with Crippen molar-refractivity contribution in [2.45, 2.75) is 32.7 Å². The van der Waals surface area contributed by atoms with Gasteiger partial charge in [0.15, 0.2) is 11.5 Å². The molecule has 1 fully saturated rings. The summed E-state index contributed by atoms with van der Waals surface area (Å²) in [6.07, 6.45) is 0. The standard InChI is InChI=1S/C30H31NO7/c1-6-38-25-15-19(9-13-23(25)32)27-26(28(33)22-16-21(36-4)12-14-24(22)37-5)29(34)30(35)31(27)20-10-7-18(8-11-20)17(2)3/h7-17,27,32-33H,6H2,1-5H3/b28-26+. The zero-order chi connectivity index (χ0) is 27.6. The number of hydrogen-bond acceptors (Lipinski definition) is 7. The molecule has 1 aliphatic rings. The lowest BCUT2D eigenvalue weighted by atomic mass is 9.94. The zero-order valence-electron chi connectivity index (χ0n) is 22.0. The van der Waals surface area contributed by atoms with Gasteiger partial charge < -0.3 is 24.4 Å². The van der Waals surface area contributed by atoms with Crippen molar-refractivity contribution in [3.8, 4) is 23.0 Å². The number of phenols is 1.